The van der Waals surface area contributed by atoms with Crippen molar-refractivity contribution in [3.05, 3.63) is 569 Å². The molecule has 1 atom stereocenters. The maximum atomic E-state index is 5.26. The Labute approximate surface area is 908 Å². The average molecular weight is 2820 g/mol. The molecule has 0 aliphatic carbocycles. The fraction of sp³-hybridized carbons (Fsp3) is 0.00775. The molecule has 0 amide bonds. The number of nitrogens with zero attached hydrogens (tertiary/aromatic N) is 7. The Kier molecular flexibility index (Phi) is 26.0. The third-order valence-electron chi connectivity index (χ3n) is 30.2. The molecule has 12 heterocycles. The zero-order valence-electron chi connectivity index (χ0n) is 78.1. The van der Waals surface area contributed by atoms with Crippen LogP contribution in [0.2, 0.25) is 0 Å². The Hall–Kier alpha value is -13.0. The fourth-order valence-corrected chi connectivity index (χ4v) is 71.0. The predicted molar refractivity (Wildman–Crippen MR) is 595 cm³/mol. The molecule has 16 heteroatoms. The number of anilines is 3. The summed E-state index contributed by atoms with van der Waals surface area (Å²) in [5.74, 6) is 2.10. The van der Waals surface area contributed by atoms with E-state index in [1.165, 1.54) is 157 Å². The van der Waals surface area contributed by atoms with Gasteiger partial charge in [-0.2, -0.15) is 24.3 Å². The first-order chi connectivity index (χ1) is 70.1. The van der Waals surface area contributed by atoms with Crippen LogP contribution >= 0.6 is 7.53 Å². The van der Waals surface area contributed by atoms with E-state index in [0.717, 1.165) is 34.2 Å². The van der Waals surface area contributed by atoms with Crippen LogP contribution in [0.1, 0.15) is 22.3 Å². The molecular weight excluding hydrogens is 2740 g/mol. The van der Waals surface area contributed by atoms with E-state index in [4.69, 9.17) is 19.9 Å². The summed E-state index contributed by atoms with van der Waals surface area (Å²) in [7, 11) is -0.730. The third kappa shape index (κ3) is 14.3. The molecule has 145 heavy (non-hydrogen) atoms. The van der Waals surface area contributed by atoms with E-state index in [-0.39, 0.29) is 85.8 Å². The molecule has 0 saturated carbocycles. The Morgan fingerprint density at radius 3 is 1.08 bits per heavy atom. The summed E-state index contributed by atoms with van der Waals surface area (Å²) in [5.41, 5.74) is 13.2. The topological polar surface area (TPSA) is 64.7 Å². The molecule has 0 saturated heterocycles. The minimum absolute atomic E-state index is 0. The van der Waals surface area contributed by atoms with Crippen molar-refractivity contribution in [3.63, 3.8) is 0 Å². The number of para-hydroxylation sites is 6. The van der Waals surface area contributed by atoms with Crippen molar-refractivity contribution in [2.75, 3.05) is 4.90 Å². The normalized spacial score (nSPS) is 14.0. The molecular formula is C129H86Ge4Ir4N7P-4. The van der Waals surface area contributed by atoms with Crippen molar-refractivity contribution in [1.82, 2.24) is 29.1 Å². The van der Waals surface area contributed by atoms with Crippen LogP contribution in [-0.4, -0.2) is 82.1 Å². The maximum absolute atomic E-state index is 5.26. The van der Waals surface area contributed by atoms with Crippen LogP contribution in [0.3, 0.4) is 0 Å². The van der Waals surface area contributed by atoms with Gasteiger partial charge in [0.2, 0.25) is 0 Å². The molecule has 1 unspecified atom stereocenters. The van der Waals surface area contributed by atoms with Crippen LogP contribution < -0.4 is 75.2 Å². The van der Waals surface area contributed by atoms with E-state index < -0.39 is 60.6 Å². The minimum atomic E-state index is -3.59. The molecule has 4 radical (unpaired) electrons. The molecule has 5 aliphatic rings. The number of pyridine rings is 4. The molecule has 698 valence electrons. The van der Waals surface area contributed by atoms with Gasteiger partial charge < -0.3 is 0 Å². The van der Waals surface area contributed by atoms with E-state index in [2.05, 4.69) is 518 Å². The summed E-state index contributed by atoms with van der Waals surface area (Å²) in [6, 6.07) is 198. The molecule has 7 nitrogen and oxygen atoms in total. The van der Waals surface area contributed by atoms with Gasteiger partial charge in [-0.05, 0) is 28.1 Å². The summed E-state index contributed by atoms with van der Waals surface area (Å²) in [5, 5.41) is 11.6. The first-order valence-electron chi connectivity index (χ1n) is 48.2. The summed E-state index contributed by atoms with van der Waals surface area (Å²) < 4.78 is 27.6. The van der Waals surface area contributed by atoms with Crippen LogP contribution in [0.25, 0.3) is 81.7 Å². The second-order valence-corrected chi connectivity index (χ2v) is 70.1. The van der Waals surface area contributed by atoms with E-state index >= 15 is 0 Å². The van der Waals surface area contributed by atoms with E-state index in [0.29, 0.717) is 0 Å². The second kappa shape index (κ2) is 39.4. The van der Waals surface area contributed by atoms with Gasteiger partial charge in [0.15, 0.2) is 0 Å². The van der Waals surface area contributed by atoms with Crippen molar-refractivity contribution in [2.45, 2.75) is 5.41 Å². The van der Waals surface area contributed by atoms with Gasteiger partial charge in [0, 0.05) is 103 Å². The molecule has 7 aromatic heterocycles. The molecule has 5 aliphatic heterocycles. The van der Waals surface area contributed by atoms with E-state index in [1.807, 2.05) is 43.0 Å². The Bertz CT molecular complexity index is 8220. The molecule has 0 fully saturated rings. The van der Waals surface area contributed by atoms with Crippen LogP contribution in [0.5, 0.6) is 0 Å². The molecule has 30 rings (SSSR count). The molecule has 0 N–H and O–H groups in total. The summed E-state index contributed by atoms with van der Waals surface area (Å²) in [6.07, 6.45) is 7.72. The average Bonchev–Trinajstić information content (AvgIpc) is 1.66. The number of hydrogen-bond donors (Lipinski definition) is 0. The van der Waals surface area contributed by atoms with Crippen LogP contribution in [-0.2, 0) is 85.8 Å². The molecule has 0 bridgehead atoms. The van der Waals surface area contributed by atoms with Gasteiger partial charge in [0.05, 0.1) is 5.25 Å². The summed E-state index contributed by atoms with van der Waals surface area (Å²) in [4.78, 5) is 22.5. The van der Waals surface area contributed by atoms with Gasteiger partial charge in [0.1, 0.15) is 0 Å². The van der Waals surface area contributed by atoms with Gasteiger partial charge in [-0.15, -0.1) is 10.9 Å². The molecule has 25 aromatic rings. The van der Waals surface area contributed by atoms with Crippen molar-refractivity contribution >= 4 is 213 Å². The monoisotopic (exact) mass is 2830 g/mol. The van der Waals surface area contributed by atoms with Gasteiger partial charge in [0.25, 0.3) is 0 Å². The van der Waals surface area contributed by atoms with Gasteiger partial charge in [-0.25, -0.2) is 0 Å². The van der Waals surface area contributed by atoms with Crippen LogP contribution in [0.4, 0.5) is 17.2 Å². The number of aromatic nitrogens is 6. The standard InChI is InChI=1S/C41H29Ge2N2.C30H19NP.2C29H19GeN2.4Ir/c1-5-17-31(18-6-1)42(32-19-7-2-8-20-32)35-25-13-14-29-39(35)45-40-36(42)26-15-27-37(40)43(33-21-9-3-10-22-33,34-23-11-4-12-24-34)38-28-16-30-44-41(38)45;2*1-3-11-21(12-4-1)30(22-13-5-2-6-14-22)25-17-7-8-19-27(25)32-28-23(15-9-18-26(28)30)24-16-10-20-31-29(24)32;1-3-11-21(12-4-1)30(22-13-5-2-6-14-22)25-17-9-16-24-23-15-7-8-19-27(23)32(28(24)25)29-26(30)18-10-20-31-29;;;;/h1-28,30H;3*1-18,20H;;;;/q4*-1;;;;. The predicted octanol–water partition coefficient (Wildman–Crippen LogP) is 18.9. The van der Waals surface area contributed by atoms with Crippen molar-refractivity contribution in [1.29, 1.82) is 0 Å². The molecule has 18 aromatic carbocycles. The van der Waals surface area contributed by atoms with E-state index in [1.54, 1.807) is 0 Å². The van der Waals surface area contributed by atoms with E-state index in [9.17, 15) is 0 Å². The van der Waals surface area contributed by atoms with Gasteiger partial charge in [-0.3, -0.25) is 4.98 Å². The third-order valence-corrected chi connectivity index (χ3v) is 73.2. The van der Waals surface area contributed by atoms with Crippen molar-refractivity contribution in [3.8, 4) is 16.8 Å². The van der Waals surface area contributed by atoms with Crippen LogP contribution in [0.15, 0.2) is 522 Å². The Morgan fingerprint density at radius 1 is 0.234 bits per heavy atom. The molecule has 0 spiro atoms. The Balaban J connectivity index is 0.000000107. The summed E-state index contributed by atoms with van der Waals surface area (Å²) in [6.45, 7) is 0. The van der Waals surface area contributed by atoms with Crippen molar-refractivity contribution < 1.29 is 80.4 Å². The number of rotatable bonds is 10. The van der Waals surface area contributed by atoms with Gasteiger partial charge in [-0.1, -0.05) is 92.5 Å². The summed E-state index contributed by atoms with van der Waals surface area (Å²) >= 11 is -13.7. The zero-order chi connectivity index (χ0) is 93.2. The Morgan fingerprint density at radius 2 is 0.566 bits per heavy atom. The SMILES string of the molecule is [Ir].[Ir].[Ir].[Ir].[c-]1ccc[c]2c1-n1c3ncccc3c3ccc[c](c31)[Ge]2([c]1ccccc1)[c]1ccccc1.[c-]1ccc[c]2c1N1c3nccc[c]3[Ge]([c]3ccccc3)([c]3ccccc3)[c]3ccc[c](c31)[Ge]2([c]1ccccc1)[c]1ccccc1.[c-]1cccc2c1-p1c3ncccc3c3cccc(c31)C2(c1ccccc1)c1ccccc1.[c-]1cccc2c3ccc[c]4c3n(c12)-c1nccc[c]1[Ge]4([c]1ccccc1)[c]1ccccc1. The number of benzene rings is 18. The quantitative estimate of drug-likeness (QED) is 0.101. The number of fused-ring (bicyclic) bond motifs is 19. The zero-order valence-corrected chi connectivity index (χ0v) is 96.9. The fourth-order valence-electron chi connectivity index (χ4n) is 25.0. The van der Waals surface area contributed by atoms with Gasteiger partial charge >= 0.3 is 650 Å². The van der Waals surface area contributed by atoms with Crippen molar-refractivity contribution in [2.24, 2.45) is 0 Å². The second-order valence-electron chi connectivity index (χ2n) is 36.8. The van der Waals surface area contributed by atoms with Crippen LogP contribution in [0, 0.1) is 24.3 Å². The number of hydrogen-bond acceptors (Lipinski definition) is 5. The first kappa shape index (κ1) is 95.5. The first-order valence-corrected chi connectivity index (χ1v) is 66.4.